The Morgan fingerprint density at radius 1 is 1.15 bits per heavy atom. The number of carboxylic acids is 1. The fraction of sp³-hybridized carbons (Fsp3) is 0.500. The maximum atomic E-state index is 9.12. The Bertz CT molecular complexity index is 602. The monoisotopic (exact) mass is 362 g/mol. The van der Waals surface area contributed by atoms with Crippen molar-refractivity contribution < 1.29 is 20.1 Å². The van der Waals surface area contributed by atoms with Crippen LogP contribution in [0.1, 0.15) is 53.9 Å². The molecule has 0 heterocycles. The Morgan fingerprint density at radius 2 is 1.77 bits per heavy atom. The van der Waals surface area contributed by atoms with Crippen LogP contribution in [-0.4, -0.2) is 34.5 Å². The number of rotatable bonds is 6. The van der Waals surface area contributed by atoms with Gasteiger partial charge in [0.15, 0.2) is 0 Å². The molecule has 0 radical (unpaired) electrons. The van der Waals surface area contributed by atoms with Crippen LogP contribution in [-0.2, 0) is 4.79 Å². The molecule has 4 nitrogen and oxygen atoms in total. The molecule has 3 N–H and O–H groups in total. The quantitative estimate of drug-likeness (QED) is 0.605. The lowest BCUT2D eigenvalue weighted by molar-refractivity contribution is -0.140. The lowest BCUT2D eigenvalue weighted by Gasteiger charge is -2.32. The van der Waals surface area contributed by atoms with E-state index in [1.807, 2.05) is 19.1 Å². The molecule has 0 bridgehead atoms. The minimum atomic E-state index is -1.19. The van der Waals surface area contributed by atoms with Gasteiger partial charge in [-0.1, -0.05) is 67.0 Å². The zero-order valence-electron chi connectivity index (χ0n) is 16.7. The van der Waals surface area contributed by atoms with Gasteiger partial charge in [-0.3, -0.25) is 0 Å². The van der Waals surface area contributed by atoms with E-state index in [1.54, 1.807) is 6.08 Å². The van der Waals surface area contributed by atoms with Gasteiger partial charge in [-0.25, -0.2) is 4.79 Å². The smallest absolute Gasteiger partial charge is 0.329 e. The van der Waals surface area contributed by atoms with E-state index in [0.29, 0.717) is 5.41 Å². The molecular formula is C22H34O4. The summed E-state index contributed by atoms with van der Waals surface area (Å²) in [6, 6.07) is 0. The number of hydrogen-bond donors (Lipinski definition) is 3. The highest BCUT2D eigenvalue weighted by molar-refractivity contribution is 5.67. The van der Waals surface area contributed by atoms with Gasteiger partial charge in [0.25, 0.3) is 0 Å². The molecule has 1 rings (SSSR count). The summed E-state index contributed by atoms with van der Waals surface area (Å²) in [7, 11) is 0. The normalized spacial score (nSPS) is 18.3. The molecule has 0 saturated carbocycles. The summed E-state index contributed by atoms with van der Waals surface area (Å²) in [5.74, 6) is -1.19. The van der Waals surface area contributed by atoms with Crippen molar-refractivity contribution in [2.24, 2.45) is 5.41 Å². The summed E-state index contributed by atoms with van der Waals surface area (Å²) < 4.78 is 0. The molecule has 0 amide bonds. The number of aliphatic carboxylic acids is 1. The minimum Gasteiger partial charge on any atom is -0.480 e. The highest BCUT2D eigenvalue weighted by Crippen LogP contribution is 2.40. The SMILES string of the molecule is CC1=C(/C=C/C(C)=C/C=C/C(C)=C/CO)C(C)(C)CCC1.O=C(O)CO. The van der Waals surface area contributed by atoms with Crippen LogP contribution in [0.3, 0.4) is 0 Å². The molecule has 0 atom stereocenters. The van der Waals surface area contributed by atoms with Crippen LogP contribution in [0.5, 0.6) is 0 Å². The molecule has 0 aromatic rings. The van der Waals surface area contributed by atoms with Crippen LogP contribution >= 0.6 is 0 Å². The molecule has 0 fully saturated rings. The Balaban J connectivity index is 0.00000110. The second-order valence-electron chi connectivity index (χ2n) is 7.22. The maximum absolute atomic E-state index is 9.12. The lowest BCUT2D eigenvalue weighted by atomic mass is 9.72. The van der Waals surface area contributed by atoms with E-state index in [2.05, 4.69) is 45.9 Å². The highest BCUT2D eigenvalue weighted by atomic mass is 16.4. The van der Waals surface area contributed by atoms with Crippen molar-refractivity contribution in [2.75, 3.05) is 13.2 Å². The Kier molecular flexibility index (Phi) is 11.5. The maximum Gasteiger partial charge on any atom is 0.329 e. The van der Waals surface area contributed by atoms with Gasteiger partial charge >= 0.3 is 5.97 Å². The van der Waals surface area contributed by atoms with Gasteiger partial charge in [0.1, 0.15) is 6.61 Å². The molecule has 0 saturated heterocycles. The van der Waals surface area contributed by atoms with Crippen LogP contribution in [0.2, 0.25) is 0 Å². The van der Waals surface area contributed by atoms with Crippen molar-refractivity contribution in [1.82, 2.24) is 0 Å². The third kappa shape index (κ3) is 10.2. The van der Waals surface area contributed by atoms with Crippen molar-refractivity contribution in [1.29, 1.82) is 0 Å². The van der Waals surface area contributed by atoms with Crippen LogP contribution < -0.4 is 0 Å². The van der Waals surface area contributed by atoms with Crippen LogP contribution in [0.15, 0.2) is 58.7 Å². The number of aliphatic hydroxyl groups is 2. The summed E-state index contributed by atoms with van der Waals surface area (Å²) in [6.45, 7) is 10.4. The first kappa shape index (κ1) is 24.1. The predicted octanol–water partition coefficient (Wildman–Crippen LogP) is 4.57. The first-order chi connectivity index (χ1) is 12.1. The van der Waals surface area contributed by atoms with Crippen molar-refractivity contribution in [3.8, 4) is 0 Å². The first-order valence-electron chi connectivity index (χ1n) is 8.97. The van der Waals surface area contributed by atoms with Gasteiger partial charge in [-0.15, -0.1) is 0 Å². The van der Waals surface area contributed by atoms with E-state index in [-0.39, 0.29) is 6.61 Å². The topological polar surface area (TPSA) is 77.8 Å². The van der Waals surface area contributed by atoms with E-state index in [0.717, 1.165) is 5.57 Å². The number of aliphatic hydroxyl groups excluding tert-OH is 2. The van der Waals surface area contributed by atoms with Crippen LogP contribution in [0, 0.1) is 5.41 Å². The Labute approximate surface area is 157 Å². The highest BCUT2D eigenvalue weighted by Gasteiger charge is 2.26. The molecule has 0 unspecified atom stereocenters. The summed E-state index contributed by atoms with van der Waals surface area (Å²) >= 11 is 0. The van der Waals surface area contributed by atoms with Crippen molar-refractivity contribution in [3.05, 3.63) is 58.7 Å². The lowest BCUT2D eigenvalue weighted by Crippen LogP contribution is -2.19. The molecule has 26 heavy (non-hydrogen) atoms. The third-order valence-electron chi connectivity index (χ3n) is 4.32. The van der Waals surface area contributed by atoms with Crippen LogP contribution in [0.4, 0.5) is 0 Å². The molecule has 4 heteroatoms. The van der Waals surface area contributed by atoms with E-state index < -0.39 is 12.6 Å². The molecule has 0 aromatic carbocycles. The van der Waals surface area contributed by atoms with Crippen molar-refractivity contribution >= 4 is 5.97 Å². The zero-order chi connectivity index (χ0) is 20.2. The Morgan fingerprint density at radius 3 is 2.27 bits per heavy atom. The zero-order valence-corrected chi connectivity index (χ0v) is 16.7. The first-order valence-corrected chi connectivity index (χ1v) is 8.97. The molecule has 0 spiro atoms. The minimum absolute atomic E-state index is 0.0985. The molecule has 1 aliphatic rings. The van der Waals surface area contributed by atoms with Gasteiger partial charge in [0.2, 0.25) is 0 Å². The Hall–Kier alpha value is -1.91. The van der Waals surface area contributed by atoms with Gasteiger partial charge < -0.3 is 15.3 Å². The molecule has 0 aromatic heterocycles. The van der Waals surface area contributed by atoms with Gasteiger partial charge in [-0.05, 0) is 51.0 Å². The number of carbonyl (C=O) groups is 1. The number of allylic oxidation sites excluding steroid dienone is 9. The van der Waals surface area contributed by atoms with Gasteiger partial charge in [0, 0.05) is 0 Å². The third-order valence-corrected chi connectivity index (χ3v) is 4.32. The van der Waals surface area contributed by atoms with E-state index in [1.165, 1.54) is 36.0 Å². The van der Waals surface area contributed by atoms with Crippen LogP contribution in [0.25, 0.3) is 0 Å². The predicted molar refractivity (Wildman–Crippen MR) is 108 cm³/mol. The fourth-order valence-electron chi connectivity index (χ4n) is 2.84. The molecule has 1 aliphatic carbocycles. The molecular weight excluding hydrogens is 328 g/mol. The summed E-state index contributed by atoms with van der Waals surface area (Å²) in [6.07, 6.45) is 16.3. The average molecular weight is 363 g/mol. The van der Waals surface area contributed by atoms with Gasteiger partial charge in [0.05, 0.1) is 6.61 Å². The second-order valence-corrected chi connectivity index (χ2v) is 7.22. The van der Waals surface area contributed by atoms with E-state index >= 15 is 0 Å². The number of carboxylic acid groups (broad SMARTS) is 1. The van der Waals surface area contributed by atoms with Gasteiger partial charge in [-0.2, -0.15) is 0 Å². The summed E-state index contributed by atoms with van der Waals surface area (Å²) in [4.78, 5) is 9.12. The standard InChI is InChI=1S/C20H30O.C2H4O3/c1-16(8-6-9-17(2)13-15-21)11-12-19-18(3)10-7-14-20(19,4)5;3-1-2(4)5/h6,8-9,11-13,21H,7,10,14-15H2,1-5H3;3H,1H2,(H,4,5)/b9-6+,12-11+,16-8+,17-13+;. The second kappa shape index (κ2) is 12.4. The van der Waals surface area contributed by atoms with E-state index in [4.69, 9.17) is 20.1 Å². The van der Waals surface area contributed by atoms with E-state index in [9.17, 15) is 0 Å². The van der Waals surface area contributed by atoms with Crippen molar-refractivity contribution in [2.45, 2.75) is 53.9 Å². The fourth-order valence-corrected chi connectivity index (χ4v) is 2.84. The number of hydrogen-bond acceptors (Lipinski definition) is 3. The summed E-state index contributed by atoms with van der Waals surface area (Å²) in [5.41, 5.74) is 5.66. The van der Waals surface area contributed by atoms with Crippen molar-refractivity contribution in [3.63, 3.8) is 0 Å². The largest absolute Gasteiger partial charge is 0.480 e. The summed E-state index contributed by atoms with van der Waals surface area (Å²) in [5, 5.41) is 23.8. The molecule has 146 valence electrons. The average Bonchev–Trinajstić information content (AvgIpc) is 2.54. The molecule has 0 aliphatic heterocycles.